The molecule has 0 heterocycles. The third kappa shape index (κ3) is 3.28. The third-order valence-electron chi connectivity index (χ3n) is 10.1. The number of carbonyl (C=O) groups is 2. The van der Waals surface area contributed by atoms with E-state index in [2.05, 4.69) is 34.6 Å². The number of rotatable bonds is 6. The largest absolute Gasteiger partial charge is 0.299 e. The second-order valence-electron chi connectivity index (χ2n) is 12.0. The lowest BCUT2D eigenvalue weighted by molar-refractivity contribution is -0.121. The summed E-state index contributed by atoms with van der Waals surface area (Å²) in [5, 5.41) is 0. The minimum Gasteiger partial charge on any atom is -0.299 e. The van der Waals surface area contributed by atoms with Crippen LogP contribution in [0.2, 0.25) is 0 Å². The zero-order valence-electron chi connectivity index (χ0n) is 19.4. The smallest absolute Gasteiger partial charge is 0.146 e. The van der Waals surface area contributed by atoms with Crippen LogP contribution in [0.5, 0.6) is 0 Å². The lowest BCUT2D eigenvalue weighted by atomic mass is 9.52. The highest BCUT2D eigenvalue weighted by Crippen LogP contribution is 2.69. The first-order valence-electron chi connectivity index (χ1n) is 12.4. The predicted molar refractivity (Wildman–Crippen MR) is 118 cm³/mol. The Balaban J connectivity index is 1.59. The molecule has 2 heteroatoms. The van der Waals surface area contributed by atoms with Gasteiger partial charge in [0.05, 0.1) is 0 Å². The van der Waals surface area contributed by atoms with Crippen molar-refractivity contribution in [1.82, 2.24) is 0 Å². The van der Waals surface area contributed by atoms with Crippen molar-refractivity contribution in [3.8, 4) is 0 Å². The predicted octanol–water partition coefficient (Wildman–Crippen LogP) is 6.78. The molecule has 0 amide bonds. The highest BCUT2D eigenvalue weighted by atomic mass is 16.1. The van der Waals surface area contributed by atoms with Crippen LogP contribution in [-0.2, 0) is 9.59 Å². The molecule has 4 aliphatic carbocycles. The Morgan fingerprint density at radius 3 is 2.48 bits per heavy atom. The van der Waals surface area contributed by atoms with Gasteiger partial charge in [0, 0.05) is 12.8 Å². The van der Waals surface area contributed by atoms with Crippen molar-refractivity contribution in [2.75, 3.05) is 0 Å². The molecule has 0 aromatic rings. The zero-order valence-corrected chi connectivity index (χ0v) is 19.4. The zero-order chi connectivity index (χ0) is 21.0. The number of ketones is 1. The average Bonchev–Trinajstić information content (AvgIpc) is 3.13. The summed E-state index contributed by atoms with van der Waals surface area (Å²) < 4.78 is 0. The van der Waals surface area contributed by atoms with Gasteiger partial charge in [0.15, 0.2) is 0 Å². The normalized spacial score (nSPS) is 42.6. The van der Waals surface area contributed by atoms with Crippen molar-refractivity contribution in [2.45, 2.75) is 98.8 Å². The van der Waals surface area contributed by atoms with Gasteiger partial charge >= 0.3 is 0 Å². The first kappa shape index (κ1) is 21.3. The van der Waals surface area contributed by atoms with Crippen molar-refractivity contribution in [3.05, 3.63) is 11.1 Å². The van der Waals surface area contributed by atoms with Crippen molar-refractivity contribution >= 4 is 12.1 Å². The number of fused-ring (bicyclic) bond motifs is 5. The van der Waals surface area contributed by atoms with Crippen LogP contribution in [0.3, 0.4) is 0 Å². The van der Waals surface area contributed by atoms with E-state index in [-0.39, 0.29) is 5.41 Å². The Labute approximate surface area is 178 Å². The van der Waals surface area contributed by atoms with Crippen LogP contribution in [0.4, 0.5) is 0 Å². The number of hydrogen-bond acceptors (Lipinski definition) is 2. The second kappa shape index (κ2) is 7.65. The van der Waals surface area contributed by atoms with Gasteiger partial charge in [-0.05, 0) is 89.6 Å². The van der Waals surface area contributed by atoms with E-state index < -0.39 is 0 Å². The SMILES string of the molecule is CC(C)CCC[C@@H](C)[C@H]1CC[C@H]2[C@@H]3C(C=O)=C4CC(=O)CC[C@]4(C)[C@H]3CC[C@]12C. The molecule has 3 saturated carbocycles. The van der Waals surface area contributed by atoms with Crippen LogP contribution in [-0.4, -0.2) is 12.1 Å². The molecule has 0 bridgehead atoms. The molecule has 4 rings (SSSR count). The Bertz CT molecular complexity index is 703. The van der Waals surface area contributed by atoms with E-state index in [1.165, 1.54) is 56.8 Å². The Hall–Kier alpha value is -0.920. The van der Waals surface area contributed by atoms with Crippen LogP contribution in [0.25, 0.3) is 0 Å². The van der Waals surface area contributed by atoms with Crippen molar-refractivity contribution < 1.29 is 9.59 Å². The summed E-state index contributed by atoms with van der Waals surface area (Å²) in [5.41, 5.74) is 2.80. The molecule has 0 unspecified atom stereocenters. The van der Waals surface area contributed by atoms with E-state index in [0.717, 1.165) is 29.7 Å². The molecule has 4 aliphatic rings. The van der Waals surface area contributed by atoms with Crippen LogP contribution in [0, 0.1) is 46.3 Å². The van der Waals surface area contributed by atoms with E-state index in [0.29, 0.717) is 41.8 Å². The summed E-state index contributed by atoms with van der Waals surface area (Å²) in [6.07, 6.45) is 12.6. The maximum Gasteiger partial charge on any atom is 0.146 e. The van der Waals surface area contributed by atoms with Gasteiger partial charge in [0.1, 0.15) is 12.1 Å². The quantitative estimate of drug-likeness (QED) is 0.462. The Morgan fingerprint density at radius 1 is 1.03 bits per heavy atom. The van der Waals surface area contributed by atoms with Gasteiger partial charge in [-0.2, -0.15) is 0 Å². The maximum atomic E-state index is 12.3. The van der Waals surface area contributed by atoms with E-state index in [1.54, 1.807) is 0 Å². The van der Waals surface area contributed by atoms with Crippen LogP contribution >= 0.6 is 0 Å². The van der Waals surface area contributed by atoms with Gasteiger partial charge in [-0.1, -0.05) is 53.9 Å². The van der Waals surface area contributed by atoms with Gasteiger partial charge in [0.2, 0.25) is 0 Å². The molecule has 0 saturated heterocycles. The first-order valence-corrected chi connectivity index (χ1v) is 12.4. The van der Waals surface area contributed by atoms with Crippen LogP contribution in [0.1, 0.15) is 98.8 Å². The van der Waals surface area contributed by atoms with Crippen molar-refractivity contribution in [1.29, 1.82) is 0 Å². The molecule has 3 fully saturated rings. The number of Topliss-reactive ketones (excluding diaryl/α,β-unsaturated/α-hetero) is 1. The van der Waals surface area contributed by atoms with Gasteiger partial charge in [0.25, 0.3) is 0 Å². The topological polar surface area (TPSA) is 34.1 Å². The molecular formula is C27H42O2. The standard InChI is InChI=1S/C27H42O2/c1-17(2)7-6-8-18(3)21-9-10-22-25-20(16-28)24-15-19(29)11-13-27(24,5)23(25)12-14-26(21,22)4/h16-18,21-23,25H,6-15H2,1-5H3/t18-,21-,22+,23+,25+,26-,27-/m1/s1. The summed E-state index contributed by atoms with van der Waals surface area (Å²) in [7, 11) is 0. The molecule has 0 N–H and O–H groups in total. The Morgan fingerprint density at radius 2 is 1.79 bits per heavy atom. The van der Waals surface area contributed by atoms with E-state index >= 15 is 0 Å². The number of aldehydes is 1. The molecule has 0 spiro atoms. The molecule has 0 aliphatic heterocycles. The average molecular weight is 399 g/mol. The summed E-state index contributed by atoms with van der Waals surface area (Å²) in [6.45, 7) is 12.1. The molecule has 7 atom stereocenters. The summed E-state index contributed by atoms with van der Waals surface area (Å²) in [5.74, 6) is 4.40. The lowest BCUT2D eigenvalue weighted by Crippen LogP contribution is -2.45. The highest BCUT2D eigenvalue weighted by molar-refractivity contribution is 5.87. The van der Waals surface area contributed by atoms with Crippen molar-refractivity contribution in [3.63, 3.8) is 0 Å². The summed E-state index contributed by atoms with van der Waals surface area (Å²) in [4.78, 5) is 24.6. The fourth-order valence-corrected chi connectivity index (χ4v) is 8.54. The fraction of sp³-hybridized carbons (Fsp3) is 0.852. The summed E-state index contributed by atoms with van der Waals surface area (Å²) >= 11 is 0. The molecule has 0 aromatic carbocycles. The Kier molecular flexibility index (Phi) is 5.62. The second-order valence-corrected chi connectivity index (χ2v) is 12.0. The number of carbonyl (C=O) groups excluding carboxylic acids is 2. The fourth-order valence-electron chi connectivity index (χ4n) is 8.54. The molecule has 162 valence electrons. The minimum absolute atomic E-state index is 0.108. The lowest BCUT2D eigenvalue weighted by Gasteiger charge is -2.51. The van der Waals surface area contributed by atoms with Gasteiger partial charge < -0.3 is 0 Å². The van der Waals surface area contributed by atoms with E-state index in [9.17, 15) is 9.59 Å². The molecule has 0 radical (unpaired) electrons. The number of allylic oxidation sites excluding steroid dienone is 2. The molecule has 29 heavy (non-hydrogen) atoms. The van der Waals surface area contributed by atoms with Crippen LogP contribution < -0.4 is 0 Å². The first-order chi connectivity index (χ1) is 13.7. The molecule has 2 nitrogen and oxygen atoms in total. The number of hydrogen-bond donors (Lipinski definition) is 0. The monoisotopic (exact) mass is 398 g/mol. The third-order valence-corrected chi connectivity index (χ3v) is 10.1. The maximum absolute atomic E-state index is 12.3. The van der Waals surface area contributed by atoms with Gasteiger partial charge in [-0.15, -0.1) is 0 Å². The summed E-state index contributed by atoms with van der Waals surface area (Å²) in [6, 6.07) is 0. The van der Waals surface area contributed by atoms with Crippen LogP contribution in [0.15, 0.2) is 11.1 Å². The molecular weight excluding hydrogens is 356 g/mol. The van der Waals surface area contributed by atoms with Gasteiger partial charge in [-0.3, -0.25) is 9.59 Å². The van der Waals surface area contributed by atoms with Gasteiger partial charge in [-0.25, -0.2) is 0 Å². The van der Waals surface area contributed by atoms with E-state index in [1.807, 2.05) is 0 Å². The minimum atomic E-state index is 0.108. The van der Waals surface area contributed by atoms with E-state index in [4.69, 9.17) is 0 Å². The highest BCUT2D eigenvalue weighted by Gasteiger charge is 2.62. The molecule has 0 aromatic heterocycles. The van der Waals surface area contributed by atoms with Crippen molar-refractivity contribution in [2.24, 2.45) is 46.3 Å².